The Labute approximate surface area is 337 Å². The van der Waals surface area contributed by atoms with Gasteiger partial charge < -0.3 is 24.6 Å². The predicted octanol–water partition coefficient (Wildman–Crippen LogP) is 6.27. The van der Waals surface area contributed by atoms with Crippen LogP contribution in [0.2, 0.25) is 5.28 Å². The maximum atomic E-state index is 12.8. The molecular weight excluding hydrogens is 744 g/mol. The van der Waals surface area contributed by atoms with E-state index in [1.165, 1.54) is 0 Å². The Morgan fingerprint density at radius 3 is 1.72 bits per heavy atom. The number of likely N-dealkylation sites (N-methyl/N-ethyl adjacent to an activating group) is 2. The zero-order valence-electron chi connectivity index (χ0n) is 33.3. The Morgan fingerprint density at radius 2 is 1.21 bits per heavy atom. The third-order valence-corrected chi connectivity index (χ3v) is 9.89. The summed E-state index contributed by atoms with van der Waals surface area (Å²) in [5.41, 5.74) is 3.42. The van der Waals surface area contributed by atoms with Gasteiger partial charge in [-0.3, -0.25) is 24.1 Å². The molecule has 17 heteroatoms. The molecule has 0 aliphatic carbocycles. The molecular formula is C40H47ClN14O2. The fraction of sp³-hybridized carbons (Fsp3) is 0.350. The van der Waals surface area contributed by atoms with Gasteiger partial charge in [-0.15, -0.1) is 0 Å². The number of carbonyl (C=O) groups excluding carboxylic acids is 2. The van der Waals surface area contributed by atoms with Gasteiger partial charge in [0.25, 0.3) is 0 Å². The zero-order chi connectivity index (χ0) is 40.8. The first kappa shape index (κ1) is 40.4. The normalized spacial score (nSPS) is 16.2. The Hall–Kier alpha value is -6.29. The second-order valence-electron chi connectivity index (χ2n) is 13.9. The number of hydrogen-bond acceptors (Lipinski definition) is 12. The molecule has 0 bridgehead atoms. The quantitative estimate of drug-likeness (QED) is 0.180. The Balaban J connectivity index is 0.000000161. The molecule has 16 nitrogen and oxygen atoms in total. The average Bonchev–Trinajstić information content (AvgIpc) is 3.95. The SMILES string of the molecule is CC[C@@H]1C(=O)N(C)c2cnc(-n3ccnc3-c3ccncc3)nc2N1C(C)C.CC[C@@H]1C(=O)N(C)c2cnc(Cl)nc2N1C(C)C.c1cc(-c2ncc[nH]2)ccn1. The van der Waals surface area contributed by atoms with Gasteiger partial charge in [-0.2, -0.15) is 9.97 Å². The molecule has 2 amide bonds. The summed E-state index contributed by atoms with van der Waals surface area (Å²) >= 11 is 5.87. The number of nitrogens with one attached hydrogen (secondary N) is 1. The van der Waals surface area contributed by atoms with Crippen molar-refractivity contribution in [1.82, 2.24) is 49.4 Å². The first-order chi connectivity index (χ1) is 27.5. The van der Waals surface area contributed by atoms with Gasteiger partial charge in [0.2, 0.25) is 23.0 Å². The highest BCUT2D eigenvalue weighted by Gasteiger charge is 2.39. The van der Waals surface area contributed by atoms with Gasteiger partial charge >= 0.3 is 0 Å². The van der Waals surface area contributed by atoms with E-state index in [0.29, 0.717) is 18.1 Å². The molecule has 2 aliphatic heterocycles. The lowest BCUT2D eigenvalue weighted by Crippen LogP contribution is -2.55. The molecule has 2 aliphatic rings. The van der Waals surface area contributed by atoms with Gasteiger partial charge in [0.05, 0.1) is 12.4 Å². The number of imidazole rings is 2. The Bertz CT molecular complexity index is 2270. The summed E-state index contributed by atoms with van der Waals surface area (Å²) in [5, 5.41) is 0.206. The van der Waals surface area contributed by atoms with Crippen LogP contribution in [0.1, 0.15) is 54.4 Å². The van der Waals surface area contributed by atoms with Crippen molar-refractivity contribution in [3.63, 3.8) is 0 Å². The van der Waals surface area contributed by atoms with Crippen molar-refractivity contribution < 1.29 is 9.59 Å². The number of nitrogens with zero attached hydrogens (tertiary/aromatic N) is 13. The van der Waals surface area contributed by atoms with Crippen LogP contribution in [0.3, 0.4) is 0 Å². The van der Waals surface area contributed by atoms with Gasteiger partial charge in [-0.05, 0) is 76.4 Å². The number of aromatic nitrogens is 10. The van der Waals surface area contributed by atoms with Crippen LogP contribution in [0.15, 0.2) is 86.2 Å². The summed E-state index contributed by atoms with van der Waals surface area (Å²) in [4.78, 5) is 69.7. The van der Waals surface area contributed by atoms with Gasteiger partial charge in [0, 0.05) is 86.9 Å². The third kappa shape index (κ3) is 8.31. The van der Waals surface area contributed by atoms with E-state index >= 15 is 0 Å². The van der Waals surface area contributed by atoms with Crippen molar-refractivity contribution in [2.24, 2.45) is 0 Å². The number of H-pyrrole nitrogens is 1. The first-order valence-electron chi connectivity index (χ1n) is 18.8. The number of carbonyl (C=O) groups is 2. The van der Waals surface area contributed by atoms with Crippen molar-refractivity contribution in [2.45, 2.75) is 78.6 Å². The summed E-state index contributed by atoms with van der Waals surface area (Å²) in [7, 11) is 3.53. The lowest BCUT2D eigenvalue weighted by atomic mass is 10.1. The standard InChI is InChI=1S/C20H23N7O.C12H17ClN4O.C8H7N3/c1-5-15-19(28)25(4)16-12-23-20(24-18(16)27(15)13(2)3)26-11-10-22-17(26)14-6-8-21-9-7-14;1-5-8-11(18)16(4)9-6-14-12(13)15-10(9)17(8)7(2)3;1-3-9-4-2-7(1)8-10-5-6-11-8/h6-13,15H,5H2,1-4H3;6-8H,5H2,1-4H3;1-6H,(H,10,11)/t15-;8-;/m11./s1. The van der Waals surface area contributed by atoms with E-state index in [4.69, 9.17) is 16.6 Å². The average molecular weight is 791 g/mol. The van der Waals surface area contributed by atoms with Crippen LogP contribution in [0, 0.1) is 0 Å². The molecule has 57 heavy (non-hydrogen) atoms. The largest absolute Gasteiger partial charge is 0.345 e. The summed E-state index contributed by atoms with van der Waals surface area (Å²) in [5.74, 6) is 3.79. The molecule has 8 rings (SSSR count). The van der Waals surface area contributed by atoms with Crippen molar-refractivity contribution in [3.8, 4) is 28.7 Å². The third-order valence-electron chi connectivity index (χ3n) is 9.71. The minimum atomic E-state index is -0.234. The van der Waals surface area contributed by atoms with Crippen LogP contribution in [-0.4, -0.2) is 99.5 Å². The molecule has 0 fully saturated rings. The van der Waals surface area contributed by atoms with Crippen LogP contribution in [0.25, 0.3) is 28.7 Å². The summed E-state index contributed by atoms with van der Waals surface area (Å²) in [6.45, 7) is 12.3. The molecule has 296 valence electrons. The van der Waals surface area contributed by atoms with Gasteiger partial charge in [0.15, 0.2) is 11.6 Å². The van der Waals surface area contributed by atoms with E-state index in [2.05, 4.69) is 58.6 Å². The molecule has 0 spiro atoms. The van der Waals surface area contributed by atoms with E-state index < -0.39 is 0 Å². The smallest absolute Gasteiger partial charge is 0.249 e. The summed E-state index contributed by atoms with van der Waals surface area (Å²) < 4.78 is 1.85. The van der Waals surface area contributed by atoms with Crippen LogP contribution < -0.4 is 19.6 Å². The number of halogens is 1. The highest BCUT2D eigenvalue weighted by molar-refractivity contribution is 6.28. The van der Waals surface area contributed by atoms with Gasteiger partial charge in [-0.1, -0.05) is 13.8 Å². The number of pyridine rings is 2. The highest BCUT2D eigenvalue weighted by atomic mass is 35.5. The van der Waals surface area contributed by atoms with Crippen molar-refractivity contribution in [2.75, 3.05) is 33.7 Å². The van der Waals surface area contributed by atoms with Crippen molar-refractivity contribution in [1.29, 1.82) is 0 Å². The van der Waals surface area contributed by atoms with Crippen LogP contribution >= 0.6 is 11.6 Å². The minimum absolute atomic E-state index is 0.0696. The van der Waals surface area contributed by atoms with Crippen molar-refractivity contribution >= 4 is 46.4 Å². The molecule has 0 radical (unpaired) electrons. The monoisotopic (exact) mass is 790 g/mol. The number of amides is 2. The molecule has 6 aromatic rings. The van der Waals surface area contributed by atoms with Crippen LogP contribution in [0.4, 0.5) is 23.0 Å². The Morgan fingerprint density at radius 1 is 0.684 bits per heavy atom. The number of rotatable bonds is 7. The van der Waals surface area contributed by atoms with E-state index in [1.807, 2.05) is 67.6 Å². The summed E-state index contributed by atoms with van der Waals surface area (Å²) in [6, 6.07) is 7.52. The molecule has 8 heterocycles. The fourth-order valence-electron chi connectivity index (χ4n) is 6.95. The number of anilines is 4. The fourth-order valence-corrected chi connectivity index (χ4v) is 7.08. The molecule has 2 atom stereocenters. The van der Waals surface area contributed by atoms with Crippen molar-refractivity contribution in [3.05, 3.63) is 91.5 Å². The second-order valence-corrected chi connectivity index (χ2v) is 14.2. The number of hydrogen-bond donors (Lipinski definition) is 1. The maximum absolute atomic E-state index is 12.8. The molecule has 0 saturated carbocycles. The topological polar surface area (TPSA) is 171 Å². The molecule has 0 saturated heterocycles. The highest BCUT2D eigenvalue weighted by Crippen LogP contribution is 2.37. The molecule has 1 N–H and O–H groups in total. The van der Waals surface area contributed by atoms with E-state index in [0.717, 1.165) is 46.5 Å². The molecule has 0 unspecified atom stereocenters. The van der Waals surface area contributed by atoms with E-state index in [9.17, 15) is 9.59 Å². The van der Waals surface area contributed by atoms with Crippen LogP contribution in [0.5, 0.6) is 0 Å². The minimum Gasteiger partial charge on any atom is -0.345 e. The van der Waals surface area contributed by atoms with E-state index in [-0.39, 0.29) is 41.3 Å². The molecule has 0 aromatic carbocycles. The summed E-state index contributed by atoms with van der Waals surface area (Å²) in [6.07, 6.45) is 18.8. The Kier molecular flexibility index (Phi) is 12.5. The van der Waals surface area contributed by atoms with E-state index in [1.54, 1.807) is 79.7 Å². The van der Waals surface area contributed by atoms with Gasteiger partial charge in [0.1, 0.15) is 35.1 Å². The van der Waals surface area contributed by atoms with Crippen LogP contribution in [-0.2, 0) is 9.59 Å². The predicted molar refractivity (Wildman–Crippen MR) is 221 cm³/mol. The zero-order valence-corrected chi connectivity index (χ0v) is 34.1. The lowest BCUT2D eigenvalue weighted by Gasteiger charge is -2.42. The maximum Gasteiger partial charge on any atom is 0.249 e. The first-order valence-corrected chi connectivity index (χ1v) is 19.2. The molecule has 6 aromatic heterocycles. The second kappa shape index (κ2) is 17.7. The number of fused-ring (bicyclic) bond motifs is 2. The number of aromatic amines is 1. The van der Waals surface area contributed by atoms with Gasteiger partial charge in [-0.25, -0.2) is 19.9 Å². The lowest BCUT2D eigenvalue weighted by molar-refractivity contribution is -0.120.